The summed E-state index contributed by atoms with van der Waals surface area (Å²) in [5.41, 5.74) is 0.748. The van der Waals surface area contributed by atoms with Gasteiger partial charge in [-0.1, -0.05) is 0 Å². The number of urea groups is 1. The topological polar surface area (TPSA) is 91.3 Å². The first-order chi connectivity index (χ1) is 14.7. The van der Waals surface area contributed by atoms with Crippen LogP contribution in [-0.4, -0.2) is 84.3 Å². The first-order valence-corrected chi connectivity index (χ1v) is 9.94. The van der Waals surface area contributed by atoms with Gasteiger partial charge in [0.1, 0.15) is 18.7 Å². The second-order valence-corrected chi connectivity index (χ2v) is 7.33. The molecule has 0 spiro atoms. The average molecular weight is 410 g/mol. The molecule has 0 saturated carbocycles. The summed E-state index contributed by atoms with van der Waals surface area (Å²) >= 11 is 0. The summed E-state index contributed by atoms with van der Waals surface area (Å²) in [7, 11) is 0. The van der Waals surface area contributed by atoms with E-state index < -0.39 is 0 Å². The Morgan fingerprint density at radius 2 is 1.83 bits per heavy atom. The summed E-state index contributed by atoms with van der Waals surface area (Å²) in [6.45, 7) is 3.96. The first kappa shape index (κ1) is 18.5. The minimum Gasteiger partial charge on any atom is -0.454 e. The number of ether oxygens (including phenoxy) is 2. The highest BCUT2D eigenvalue weighted by atomic mass is 16.7. The Kier molecular flexibility index (Phi) is 4.74. The zero-order chi connectivity index (χ0) is 20.5. The van der Waals surface area contributed by atoms with Gasteiger partial charge in [0, 0.05) is 57.2 Å². The second-order valence-electron chi connectivity index (χ2n) is 7.33. The normalized spacial score (nSPS) is 18.3. The molecular weight excluding hydrogens is 388 g/mol. The van der Waals surface area contributed by atoms with Gasteiger partial charge in [0.15, 0.2) is 11.5 Å². The number of anilines is 2. The van der Waals surface area contributed by atoms with Crippen molar-refractivity contribution in [3.05, 3.63) is 36.8 Å². The van der Waals surface area contributed by atoms with Crippen molar-refractivity contribution in [1.82, 2.24) is 19.8 Å². The Labute approximate surface area is 173 Å². The number of carbonyl (C=O) groups is 2. The van der Waals surface area contributed by atoms with E-state index in [1.165, 1.54) is 6.33 Å². The average Bonchev–Trinajstić information content (AvgIpc) is 3.40. The lowest BCUT2D eigenvalue weighted by molar-refractivity contribution is -0.131. The zero-order valence-electron chi connectivity index (χ0n) is 16.4. The number of amides is 3. The minimum atomic E-state index is -0.165. The maximum absolute atomic E-state index is 12.8. The van der Waals surface area contributed by atoms with Gasteiger partial charge in [-0.2, -0.15) is 0 Å². The van der Waals surface area contributed by atoms with Gasteiger partial charge < -0.3 is 24.2 Å². The molecule has 0 N–H and O–H groups in total. The second kappa shape index (κ2) is 7.69. The fourth-order valence-corrected chi connectivity index (χ4v) is 3.94. The molecule has 0 atom stereocenters. The quantitative estimate of drug-likeness (QED) is 0.736. The van der Waals surface area contributed by atoms with Crippen molar-refractivity contribution in [2.45, 2.75) is 0 Å². The molecule has 5 rings (SSSR count). The van der Waals surface area contributed by atoms with Crippen LogP contribution >= 0.6 is 0 Å². The molecule has 4 heterocycles. The summed E-state index contributed by atoms with van der Waals surface area (Å²) in [6, 6.07) is 7.14. The molecule has 2 fully saturated rings. The Bertz CT molecular complexity index is 948. The summed E-state index contributed by atoms with van der Waals surface area (Å²) in [5, 5.41) is 0. The first-order valence-electron chi connectivity index (χ1n) is 9.94. The Morgan fingerprint density at radius 3 is 2.63 bits per heavy atom. The Balaban J connectivity index is 1.17. The van der Waals surface area contributed by atoms with E-state index in [4.69, 9.17) is 9.47 Å². The molecule has 2 aromatic rings. The molecule has 1 aromatic heterocycles. The van der Waals surface area contributed by atoms with Crippen molar-refractivity contribution in [3.8, 4) is 11.5 Å². The van der Waals surface area contributed by atoms with Crippen LogP contribution in [0.4, 0.5) is 16.3 Å². The molecule has 0 radical (unpaired) electrons. The largest absolute Gasteiger partial charge is 0.454 e. The zero-order valence-corrected chi connectivity index (χ0v) is 16.4. The number of nitrogens with zero attached hydrogens (tertiary/aromatic N) is 6. The van der Waals surface area contributed by atoms with Crippen molar-refractivity contribution in [3.63, 3.8) is 0 Å². The maximum Gasteiger partial charge on any atom is 0.325 e. The van der Waals surface area contributed by atoms with E-state index in [-0.39, 0.29) is 25.3 Å². The van der Waals surface area contributed by atoms with E-state index in [0.717, 1.165) is 11.5 Å². The molecular formula is C20H22N6O4. The van der Waals surface area contributed by atoms with Crippen LogP contribution in [0.2, 0.25) is 0 Å². The third-order valence-corrected chi connectivity index (χ3v) is 5.61. The number of fused-ring (bicyclic) bond motifs is 1. The number of benzene rings is 1. The molecule has 3 aliphatic rings. The van der Waals surface area contributed by atoms with Crippen LogP contribution < -0.4 is 19.3 Å². The third-order valence-electron chi connectivity index (χ3n) is 5.61. The fraction of sp³-hybridized carbons (Fsp3) is 0.400. The van der Waals surface area contributed by atoms with Crippen LogP contribution in [-0.2, 0) is 4.79 Å². The molecule has 10 nitrogen and oxygen atoms in total. The van der Waals surface area contributed by atoms with E-state index >= 15 is 0 Å². The minimum absolute atomic E-state index is 0.0294. The van der Waals surface area contributed by atoms with Crippen LogP contribution in [0.25, 0.3) is 0 Å². The predicted molar refractivity (Wildman–Crippen MR) is 108 cm³/mol. The number of hydrogen-bond donors (Lipinski definition) is 0. The molecule has 3 amide bonds. The molecule has 10 heteroatoms. The number of hydrogen-bond acceptors (Lipinski definition) is 7. The van der Waals surface area contributed by atoms with Gasteiger partial charge in [-0.15, -0.1) is 0 Å². The number of piperazine rings is 1. The van der Waals surface area contributed by atoms with Crippen molar-refractivity contribution in [1.29, 1.82) is 0 Å². The highest BCUT2D eigenvalue weighted by molar-refractivity contribution is 5.96. The van der Waals surface area contributed by atoms with Crippen molar-refractivity contribution in [2.75, 3.05) is 62.4 Å². The summed E-state index contributed by atoms with van der Waals surface area (Å²) in [6.07, 6.45) is 3.24. The fourth-order valence-electron chi connectivity index (χ4n) is 3.94. The van der Waals surface area contributed by atoms with Crippen molar-refractivity contribution >= 4 is 23.4 Å². The SMILES string of the molecule is O=C(CN1CCN(c2ccc3c(c2)OCO3)C1=O)N1CCN(c2ccncn2)CC1. The summed E-state index contributed by atoms with van der Waals surface area (Å²) < 4.78 is 10.7. The molecule has 0 unspecified atom stereocenters. The summed E-state index contributed by atoms with van der Waals surface area (Å²) in [4.78, 5) is 41.0. The lowest BCUT2D eigenvalue weighted by Gasteiger charge is -2.36. The standard InChI is InChI=1S/C20H22N6O4/c27-19(24-7-5-23(6-8-24)18-3-4-21-13-22-18)12-25-9-10-26(20(25)28)15-1-2-16-17(11-15)30-14-29-16/h1-4,11,13H,5-10,12,14H2. The lowest BCUT2D eigenvalue weighted by Crippen LogP contribution is -2.51. The maximum atomic E-state index is 12.8. The van der Waals surface area contributed by atoms with Gasteiger partial charge in [0.05, 0.1) is 0 Å². The van der Waals surface area contributed by atoms with E-state index in [9.17, 15) is 9.59 Å². The lowest BCUT2D eigenvalue weighted by atomic mass is 10.2. The molecule has 0 bridgehead atoms. The van der Waals surface area contributed by atoms with Crippen LogP contribution in [0, 0.1) is 0 Å². The Morgan fingerprint density at radius 1 is 1.00 bits per heavy atom. The molecule has 156 valence electrons. The van der Waals surface area contributed by atoms with Crippen LogP contribution in [0.15, 0.2) is 36.8 Å². The van der Waals surface area contributed by atoms with Gasteiger partial charge >= 0.3 is 6.03 Å². The van der Waals surface area contributed by atoms with Crippen molar-refractivity contribution in [2.24, 2.45) is 0 Å². The molecule has 1 aromatic carbocycles. The smallest absolute Gasteiger partial charge is 0.325 e. The molecule has 0 aliphatic carbocycles. The monoisotopic (exact) mass is 410 g/mol. The van der Waals surface area contributed by atoms with E-state index in [0.29, 0.717) is 50.8 Å². The number of carbonyl (C=O) groups excluding carboxylic acids is 2. The predicted octanol–water partition coefficient (Wildman–Crippen LogP) is 0.796. The highest BCUT2D eigenvalue weighted by Crippen LogP contribution is 2.36. The molecule has 30 heavy (non-hydrogen) atoms. The Hall–Kier alpha value is -3.56. The van der Waals surface area contributed by atoms with Gasteiger partial charge in [0.25, 0.3) is 0 Å². The van der Waals surface area contributed by atoms with E-state index in [2.05, 4.69) is 14.9 Å². The van der Waals surface area contributed by atoms with Gasteiger partial charge in [-0.25, -0.2) is 14.8 Å². The van der Waals surface area contributed by atoms with E-state index in [1.54, 1.807) is 28.1 Å². The van der Waals surface area contributed by atoms with Gasteiger partial charge in [0.2, 0.25) is 12.7 Å². The molecule has 2 saturated heterocycles. The number of aromatic nitrogens is 2. The summed E-state index contributed by atoms with van der Waals surface area (Å²) in [5.74, 6) is 2.15. The van der Waals surface area contributed by atoms with Crippen molar-refractivity contribution < 1.29 is 19.1 Å². The number of rotatable bonds is 4. The van der Waals surface area contributed by atoms with Crippen LogP contribution in [0.5, 0.6) is 11.5 Å². The van der Waals surface area contributed by atoms with Gasteiger partial charge in [-0.05, 0) is 18.2 Å². The third kappa shape index (κ3) is 3.44. The van der Waals surface area contributed by atoms with E-state index in [1.807, 2.05) is 17.0 Å². The molecule has 3 aliphatic heterocycles. The van der Waals surface area contributed by atoms with Gasteiger partial charge in [-0.3, -0.25) is 9.69 Å². The highest BCUT2D eigenvalue weighted by Gasteiger charge is 2.33. The van der Waals surface area contributed by atoms with Crippen LogP contribution in [0.3, 0.4) is 0 Å². The van der Waals surface area contributed by atoms with Crippen LogP contribution in [0.1, 0.15) is 0 Å².